The van der Waals surface area contributed by atoms with Crippen LogP contribution in [0, 0.1) is 6.92 Å². The highest BCUT2D eigenvalue weighted by atomic mass is 14.7. The third kappa shape index (κ3) is 4.21. The minimum absolute atomic E-state index is 1.00. The average molecular weight is 548 g/mol. The van der Waals surface area contributed by atoms with Crippen LogP contribution >= 0.6 is 0 Å². The fourth-order valence-electron chi connectivity index (χ4n) is 6.70. The molecule has 0 bridgehead atoms. The van der Waals surface area contributed by atoms with Gasteiger partial charge in [-0.15, -0.1) is 0 Å². The van der Waals surface area contributed by atoms with Crippen molar-refractivity contribution in [1.29, 1.82) is 0 Å². The molecule has 1 heterocycles. The smallest absolute Gasteiger partial charge is 0.0780 e. The Bertz CT molecular complexity index is 2220. The summed E-state index contributed by atoms with van der Waals surface area (Å²) in [5.74, 6) is 0. The largest absolute Gasteiger partial charge is 0.256 e. The Hall–Kier alpha value is -5.53. The number of aromatic nitrogens is 1. The molecule has 0 radical (unpaired) electrons. The van der Waals surface area contributed by atoms with E-state index in [1.807, 2.05) is 18.3 Å². The Labute approximate surface area is 251 Å². The summed E-state index contributed by atoms with van der Waals surface area (Å²) < 4.78 is 0. The van der Waals surface area contributed by atoms with Gasteiger partial charge >= 0.3 is 0 Å². The minimum atomic E-state index is 1.00. The van der Waals surface area contributed by atoms with Crippen LogP contribution in [0.2, 0.25) is 0 Å². The normalized spacial score (nSPS) is 11.4. The van der Waals surface area contributed by atoms with Crippen molar-refractivity contribution in [3.63, 3.8) is 0 Å². The first kappa shape index (κ1) is 25.2. The van der Waals surface area contributed by atoms with Gasteiger partial charge in [-0.05, 0) is 78.7 Å². The van der Waals surface area contributed by atoms with E-state index in [9.17, 15) is 0 Å². The Morgan fingerprint density at radius 1 is 0.349 bits per heavy atom. The van der Waals surface area contributed by atoms with Crippen molar-refractivity contribution in [3.05, 3.63) is 163 Å². The molecule has 1 aromatic heterocycles. The van der Waals surface area contributed by atoms with Crippen molar-refractivity contribution < 1.29 is 0 Å². The van der Waals surface area contributed by atoms with Crippen LogP contribution in [0.1, 0.15) is 5.56 Å². The van der Waals surface area contributed by atoms with E-state index < -0.39 is 0 Å². The molecule has 202 valence electrons. The summed E-state index contributed by atoms with van der Waals surface area (Å²) in [5.41, 5.74) is 10.8. The molecule has 0 atom stereocenters. The number of rotatable bonds is 4. The van der Waals surface area contributed by atoms with Crippen LogP contribution in [0.15, 0.2) is 158 Å². The van der Waals surface area contributed by atoms with Crippen molar-refractivity contribution >= 4 is 32.3 Å². The van der Waals surface area contributed by atoms with Gasteiger partial charge in [-0.25, -0.2) is 0 Å². The summed E-state index contributed by atoms with van der Waals surface area (Å²) in [5, 5.41) is 7.67. The number of benzene rings is 7. The quantitative estimate of drug-likeness (QED) is 0.200. The molecule has 0 N–H and O–H groups in total. The molecular formula is C42H29N. The zero-order chi connectivity index (χ0) is 28.8. The first-order valence-corrected chi connectivity index (χ1v) is 14.8. The summed E-state index contributed by atoms with van der Waals surface area (Å²) in [7, 11) is 0. The highest BCUT2D eigenvalue weighted by molar-refractivity contribution is 6.23. The van der Waals surface area contributed by atoms with Gasteiger partial charge in [-0.3, -0.25) is 4.98 Å². The Morgan fingerprint density at radius 3 is 1.58 bits per heavy atom. The van der Waals surface area contributed by atoms with E-state index in [0.717, 1.165) is 22.4 Å². The van der Waals surface area contributed by atoms with Crippen LogP contribution in [-0.2, 0) is 0 Å². The Kier molecular flexibility index (Phi) is 6.09. The SMILES string of the molecule is Cc1cccc2c(-c3c4ccccc4c(-c4ccc(-c5cccnc5-c5ccccc5)cc4)c4ccccc34)cccc12. The van der Waals surface area contributed by atoms with E-state index in [1.165, 1.54) is 60.1 Å². The molecule has 0 aliphatic rings. The van der Waals surface area contributed by atoms with Gasteiger partial charge in [0.2, 0.25) is 0 Å². The van der Waals surface area contributed by atoms with Gasteiger partial charge in [-0.2, -0.15) is 0 Å². The van der Waals surface area contributed by atoms with Crippen LogP contribution < -0.4 is 0 Å². The Morgan fingerprint density at radius 2 is 0.884 bits per heavy atom. The van der Waals surface area contributed by atoms with Gasteiger partial charge in [-0.1, -0.05) is 146 Å². The lowest BCUT2D eigenvalue weighted by molar-refractivity contribution is 1.32. The molecule has 0 aliphatic heterocycles. The van der Waals surface area contributed by atoms with Crippen molar-refractivity contribution in [2.45, 2.75) is 6.92 Å². The predicted octanol–water partition coefficient (Wildman–Crippen LogP) is 11.5. The molecule has 7 aromatic carbocycles. The van der Waals surface area contributed by atoms with Gasteiger partial charge in [0.25, 0.3) is 0 Å². The van der Waals surface area contributed by atoms with Crippen molar-refractivity contribution in [2.24, 2.45) is 0 Å². The Balaban J connectivity index is 1.35. The van der Waals surface area contributed by atoms with Gasteiger partial charge in [0, 0.05) is 17.3 Å². The zero-order valence-electron chi connectivity index (χ0n) is 24.0. The maximum absolute atomic E-state index is 4.75. The van der Waals surface area contributed by atoms with E-state index in [2.05, 4.69) is 146 Å². The second-order valence-electron chi connectivity index (χ2n) is 11.2. The van der Waals surface area contributed by atoms with Crippen LogP contribution in [0.25, 0.3) is 77.0 Å². The molecule has 1 nitrogen and oxygen atoms in total. The number of fused-ring (bicyclic) bond motifs is 3. The summed E-state index contributed by atoms with van der Waals surface area (Å²) in [6.07, 6.45) is 1.87. The molecule has 8 rings (SSSR count). The van der Waals surface area contributed by atoms with Gasteiger partial charge in [0.1, 0.15) is 0 Å². The second kappa shape index (κ2) is 10.4. The predicted molar refractivity (Wildman–Crippen MR) is 183 cm³/mol. The summed E-state index contributed by atoms with van der Waals surface area (Å²) >= 11 is 0. The lowest BCUT2D eigenvalue weighted by atomic mass is 9.84. The first-order chi connectivity index (χ1) is 21.3. The fourth-order valence-corrected chi connectivity index (χ4v) is 6.70. The van der Waals surface area contributed by atoms with Crippen molar-refractivity contribution in [3.8, 4) is 44.6 Å². The minimum Gasteiger partial charge on any atom is -0.256 e. The van der Waals surface area contributed by atoms with Gasteiger partial charge in [0.05, 0.1) is 5.69 Å². The second-order valence-corrected chi connectivity index (χ2v) is 11.2. The van der Waals surface area contributed by atoms with Crippen LogP contribution in [0.5, 0.6) is 0 Å². The van der Waals surface area contributed by atoms with Gasteiger partial charge < -0.3 is 0 Å². The molecule has 0 saturated heterocycles. The maximum atomic E-state index is 4.75. The third-order valence-electron chi connectivity index (χ3n) is 8.68. The zero-order valence-corrected chi connectivity index (χ0v) is 24.0. The summed E-state index contributed by atoms with van der Waals surface area (Å²) in [4.78, 5) is 4.75. The topological polar surface area (TPSA) is 12.9 Å². The van der Waals surface area contributed by atoms with Crippen LogP contribution in [-0.4, -0.2) is 4.98 Å². The van der Waals surface area contributed by atoms with E-state index in [4.69, 9.17) is 4.98 Å². The summed E-state index contributed by atoms with van der Waals surface area (Å²) in [6, 6.07) is 54.7. The van der Waals surface area contributed by atoms with Crippen molar-refractivity contribution in [1.82, 2.24) is 4.98 Å². The van der Waals surface area contributed by atoms with Crippen LogP contribution in [0.4, 0.5) is 0 Å². The highest BCUT2D eigenvalue weighted by Crippen LogP contribution is 2.45. The molecule has 8 aromatic rings. The van der Waals surface area contributed by atoms with E-state index >= 15 is 0 Å². The number of hydrogen-bond donors (Lipinski definition) is 0. The van der Waals surface area contributed by atoms with Crippen molar-refractivity contribution in [2.75, 3.05) is 0 Å². The average Bonchev–Trinajstić information content (AvgIpc) is 3.08. The lowest BCUT2D eigenvalue weighted by Gasteiger charge is -2.19. The molecule has 0 saturated carbocycles. The number of aryl methyl sites for hydroxylation is 1. The molecule has 1 heteroatoms. The monoisotopic (exact) mass is 547 g/mol. The number of pyridine rings is 1. The molecule has 0 unspecified atom stereocenters. The number of nitrogens with zero attached hydrogens (tertiary/aromatic N) is 1. The molecule has 0 spiro atoms. The fraction of sp³-hybridized carbons (Fsp3) is 0.0238. The van der Waals surface area contributed by atoms with E-state index in [0.29, 0.717) is 0 Å². The first-order valence-electron chi connectivity index (χ1n) is 14.8. The highest BCUT2D eigenvalue weighted by Gasteiger charge is 2.18. The standard InChI is InChI=1S/C42H29N/c1-28-12-9-20-34-32(28)19-10-21-35(34)41-38-17-7-5-15-36(38)40(37-16-6-8-18-39(37)41)30-25-23-29(24-26-30)33-22-11-27-43-42(33)31-13-3-2-4-14-31/h2-27H,1H3. The van der Waals surface area contributed by atoms with Gasteiger partial charge in [0.15, 0.2) is 0 Å². The molecule has 0 amide bonds. The van der Waals surface area contributed by atoms with Crippen LogP contribution in [0.3, 0.4) is 0 Å². The molecule has 0 fully saturated rings. The third-order valence-corrected chi connectivity index (χ3v) is 8.68. The molecular weight excluding hydrogens is 518 g/mol. The summed E-state index contributed by atoms with van der Waals surface area (Å²) in [6.45, 7) is 2.20. The number of hydrogen-bond acceptors (Lipinski definition) is 1. The van der Waals surface area contributed by atoms with E-state index in [-0.39, 0.29) is 0 Å². The molecule has 43 heavy (non-hydrogen) atoms. The maximum Gasteiger partial charge on any atom is 0.0780 e. The van der Waals surface area contributed by atoms with E-state index in [1.54, 1.807) is 0 Å². The lowest BCUT2D eigenvalue weighted by Crippen LogP contribution is -1.92. The molecule has 0 aliphatic carbocycles.